The maximum Gasteiger partial charge on any atom is 0.240 e. The topological polar surface area (TPSA) is 58.2 Å². The average molecular weight is 294 g/mol. The summed E-state index contributed by atoms with van der Waals surface area (Å²) < 4.78 is 27.9. The molecular weight excluding hydrogens is 272 g/mol. The van der Waals surface area contributed by atoms with Crippen LogP contribution in [0, 0.1) is 5.92 Å². The standard InChI is InChI=1S/C15H22N2O2S/c18-20(19,17-10-12-4-1-2-5-12)15-7-3-6-13-11-16-9-8-14(13)15/h3,6-7,12,16-17H,1-2,4-5,8-11H2. The smallest absolute Gasteiger partial charge is 0.240 e. The predicted molar refractivity (Wildman–Crippen MR) is 79.0 cm³/mol. The molecule has 1 aromatic rings. The van der Waals surface area contributed by atoms with Crippen LogP contribution in [-0.4, -0.2) is 21.5 Å². The van der Waals surface area contributed by atoms with E-state index in [0.717, 1.165) is 43.5 Å². The van der Waals surface area contributed by atoms with Gasteiger partial charge in [0.15, 0.2) is 0 Å². The van der Waals surface area contributed by atoms with Crippen molar-refractivity contribution >= 4 is 10.0 Å². The molecule has 5 heteroatoms. The summed E-state index contributed by atoms with van der Waals surface area (Å²) >= 11 is 0. The third kappa shape index (κ3) is 2.90. The molecule has 110 valence electrons. The summed E-state index contributed by atoms with van der Waals surface area (Å²) in [5, 5.41) is 3.28. The zero-order chi connectivity index (χ0) is 14.0. The monoisotopic (exact) mass is 294 g/mol. The molecule has 1 saturated carbocycles. The quantitative estimate of drug-likeness (QED) is 0.890. The molecule has 1 aromatic carbocycles. The normalized spacial score (nSPS) is 20.0. The Morgan fingerprint density at radius 1 is 1.25 bits per heavy atom. The van der Waals surface area contributed by atoms with Gasteiger partial charge in [-0.25, -0.2) is 13.1 Å². The van der Waals surface area contributed by atoms with Gasteiger partial charge in [0.25, 0.3) is 0 Å². The van der Waals surface area contributed by atoms with Gasteiger partial charge in [0.05, 0.1) is 4.90 Å². The van der Waals surface area contributed by atoms with Crippen LogP contribution in [0.2, 0.25) is 0 Å². The highest BCUT2D eigenvalue weighted by Gasteiger charge is 2.24. The summed E-state index contributed by atoms with van der Waals surface area (Å²) in [6, 6.07) is 5.59. The van der Waals surface area contributed by atoms with Crippen molar-refractivity contribution in [3.8, 4) is 0 Å². The molecule has 3 rings (SSSR count). The van der Waals surface area contributed by atoms with Crippen molar-refractivity contribution < 1.29 is 8.42 Å². The molecule has 0 aromatic heterocycles. The minimum Gasteiger partial charge on any atom is -0.312 e. The number of benzene rings is 1. The lowest BCUT2D eigenvalue weighted by molar-refractivity contribution is 0.518. The zero-order valence-electron chi connectivity index (χ0n) is 11.7. The first kappa shape index (κ1) is 14.0. The van der Waals surface area contributed by atoms with Gasteiger partial charge in [0.1, 0.15) is 0 Å². The molecule has 0 spiro atoms. The van der Waals surface area contributed by atoms with Gasteiger partial charge in [0.2, 0.25) is 10.0 Å². The summed E-state index contributed by atoms with van der Waals surface area (Å²) in [6.45, 7) is 2.20. The van der Waals surface area contributed by atoms with E-state index in [1.54, 1.807) is 6.07 Å². The number of rotatable bonds is 4. The molecule has 4 nitrogen and oxygen atoms in total. The molecule has 1 heterocycles. The van der Waals surface area contributed by atoms with Gasteiger partial charge in [-0.3, -0.25) is 0 Å². The number of nitrogens with one attached hydrogen (secondary N) is 2. The van der Waals surface area contributed by atoms with Crippen LogP contribution in [0.25, 0.3) is 0 Å². The molecule has 0 atom stereocenters. The second-order valence-electron chi connectivity index (χ2n) is 5.82. The zero-order valence-corrected chi connectivity index (χ0v) is 12.5. The van der Waals surface area contributed by atoms with Gasteiger partial charge in [-0.1, -0.05) is 25.0 Å². The predicted octanol–water partition coefficient (Wildman–Crippen LogP) is 1.80. The van der Waals surface area contributed by atoms with Gasteiger partial charge in [-0.15, -0.1) is 0 Å². The third-order valence-electron chi connectivity index (χ3n) is 4.42. The van der Waals surface area contributed by atoms with Crippen molar-refractivity contribution in [1.29, 1.82) is 0 Å². The van der Waals surface area contributed by atoms with E-state index in [4.69, 9.17) is 0 Å². The van der Waals surface area contributed by atoms with Crippen LogP contribution in [-0.2, 0) is 23.0 Å². The molecule has 0 radical (unpaired) electrons. The van der Waals surface area contributed by atoms with Gasteiger partial charge in [-0.2, -0.15) is 0 Å². The summed E-state index contributed by atoms with van der Waals surface area (Å²) in [5.41, 5.74) is 2.10. The molecule has 1 aliphatic carbocycles. The fourth-order valence-corrected chi connectivity index (χ4v) is 4.69. The van der Waals surface area contributed by atoms with Gasteiger partial charge in [0, 0.05) is 13.1 Å². The van der Waals surface area contributed by atoms with Gasteiger partial charge in [-0.05, 0) is 48.9 Å². The van der Waals surface area contributed by atoms with Crippen LogP contribution in [0.5, 0.6) is 0 Å². The van der Waals surface area contributed by atoms with Crippen LogP contribution in [0.15, 0.2) is 23.1 Å². The highest BCUT2D eigenvalue weighted by molar-refractivity contribution is 7.89. The first-order chi connectivity index (χ1) is 9.67. The van der Waals surface area contributed by atoms with E-state index in [9.17, 15) is 8.42 Å². The fraction of sp³-hybridized carbons (Fsp3) is 0.600. The molecule has 0 unspecified atom stereocenters. The molecule has 0 amide bonds. The first-order valence-electron chi connectivity index (χ1n) is 7.48. The molecule has 2 N–H and O–H groups in total. The van der Waals surface area contributed by atoms with Crippen LogP contribution < -0.4 is 10.0 Å². The van der Waals surface area contributed by atoms with Crippen LogP contribution in [0.3, 0.4) is 0 Å². The number of hydrogen-bond donors (Lipinski definition) is 2. The van der Waals surface area contributed by atoms with Gasteiger partial charge < -0.3 is 5.32 Å². The van der Waals surface area contributed by atoms with Crippen molar-refractivity contribution in [2.24, 2.45) is 5.92 Å². The van der Waals surface area contributed by atoms with Gasteiger partial charge >= 0.3 is 0 Å². The van der Waals surface area contributed by atoms with E-state index in [-0.39, 0.29) is 0 Å². The van der Waals surface area contributed by atoms with Crippen molar-refractivity contribution in [3.05, 3.63) is 29.3 Å². The van der Waals surface area contributed by atoms with Crippen LogP contribution in [0.4, 0.5) is 0 Å². The van der Waals surface area contributed by atoms with E-state index in [0.29, 0.717) is 17.4 Å². The van der Waals surface area contributed by atoms with E-state index >= 15 is 0 Å². The Kier molecular flexibility index (Phi) is 4.10. The maximum absolute atomic E-state index is 12.5. The Balaban J connectivity index is 1.80. The number of hydrogen-bond acceptors (Lipinski definition) is 3. The van der Waals surface area contributed by atoms with Crippen molar-refractivity contribution in [1.82, 2.24) is 10.0 Å². The maximum atomic E-state index is 12.5. The lowest BCUT2D eigenvalue weighted by Crippen LogP contribution is -2.31. The molecule has 20 heavy (non-hydrogen) atoms. The largest absolute Gasteiger partial charge is 0.312 e. The van der Waals surface area contributed by atoms with Crippen LogP contribution >= 0.6 is 0 Å². The Morgan fingerprint density at radius 3 is 2.85 bits per heavy atom. The summed E-state index contributed by atoms with van der Waals surface area (Å²) in [6.07, 6.45) is 5.56. The summed E-state index contributed by atoms with van der Waals surface area (Å²) in [5.74, 6) is 0.519. The van der Waals surface area contributed by atoms with E-state index in [2.05, 4.69) is 10.0 Å². The fourth-order valence-electron chi connectivity index (χ4n) is 3.27. The summed E-state index contributed by atoms with van der Waals surface area (Å²) in [4.78, 5) is 0.481. The average Bonchev–Trinajstić information content (AvgIpc) is 2.98. The third-order valence-corrected chi connectivity index (χ3v) is 5.93. The first-order valence-corrected chi connectivity index (χ1v) is 8.96. The Morgan fingerprint density at radius 2 is 2.05 bits per heavy atom. The van der Waals surface area contributed by atoms with E-state index in [1.807, 2.05) is 12.1 Å². The molecular formula is C15H22N2O2S. The van der Waals surface area contributed by atoms with Crippen LogP contribution in [0.1, 0.15) is 36.8 Å². The molecule has 1 fully saturated rings. The molecule has 2 aliphatic rings. The number of fused-ring (bicyclic) bond motifs is 1. The van der Waals surface area contributed by atoms with E-state index in [1.165, 1.54) is 12.8 Å². The second kappa shape index (κ2) is 5.84. The lowest BCUT2D eigenvalue weighted by Gasteiger charge is -2.21. The Labute approximate surface area is 121 Å². The second-order valence-corrected chi connectivity index (χ2v) is 7.56. The minimum absolute atomic E-state index is 0.481. The molecule has 0 saturated heterocycles. The molecule has 1 aliphatic heterocycles. The van der Waals surface area contributed by atoms with E-state index < -0.39 is 10.0 Å². The van der Waals surface area contributed by atoms with Crippen molar-refractivity contribution in [3.63, 3.8) is 0 Å². The minimum atomic E-state index is -3.37. The lowest BCUT2D eigenvalue weighted by atomic mass is 10.0. The highest BCUT2D eigenvalue weighted by Crippen LogP contribution is 2.26. The van der Waals surface area contributed by atoms with Crippen molar-refractivity contribution in [2.75, 3.05) is 13.1 Å². The number of sulfonamides is 1. The Hall–Kier alpha value is -0.910. The highest BCUT2D eigenvalue weighted by atomic mass is 32.2. The molecule has 0 bridgehead atoms. The van der Waals surface area contributed by atoms with Crippen molar-refractivity contribution in [2.45, 2.75) is 43.5 Å². The Bertz CT molecular complexity index is 578. The SMILES string of the molecule is O=S(=O)(NCC1CCCC1)c1cccc2c1CCNC2. The summed E-state index contributed by atoms with van der Waals surface area (Å²) in [7, 11) is -3.37.